The lowest BCUT2D eigenvalue weighted by Crippen LogP contribution is -2.50. The van der Waals surface area contributed by atoms with Crippen LogP contribution in [-0.2, 0) is 4.74 Å². The molecule has 0 unspecified atom stereocenters. The highest BCUT2D eigenvalue weighted by atomic mass is 35.5. The van der Waals surface area contributed by atoms with Crippen LogP contribution in [0.2, 0.25) is 5.02 Å². The van der Waals surface area contributed by atoms with Gasteiger partial charge in [0, 0.05) is 30.5 Å². The summed E-state index contributed by atoms with van der Waals surface area (Å²) in [5.74, 6) is 0.565. The Balaban J connectivity index is 1.67. The Hall–Kier alpha value is -1.75. The van der Waals surface area contributed by atoms with Gasteiger partial charge in [0.25, 0.3) is 0 Å². The number of hydrogen-bond donors (Lipinski definition) is 0. The Morgan fingerprint density at radius 1 is 1.15 bits per heavy atom. The number of ketones is 1. The topological polar surface area (TPSA) is 55.8 Å². The number of carbonyl (C=O) groups excluding carboxylic acids is 2. The number of halogens is 1. The molecule has 1 amide bonds. The number of Topliss-reactive ketones (excluding diaryl/α,β-unsaturated/α-hetero) is 1. The summed E-state index contributed by atoms with van der Waals surface area (Å²) in [6.07, 6.45) is 3.29. The number of amides is 1. The van der Waals surface area contributed by atoms with E-state index >= 15 is 0 Å². The monoisotopic (exact) mass is 379 g/mol. The predicted octanol–water partition coefficient (Wildman–Crippen LogP) is 4.85. The molecule has 1 aromatic carbocycles. The van der Waals surface area contributed by atoms with Crippen LogP contribution in [0.15, 0.2) is 18.2 Å². The van der Waals surface area contributed by atoms with E-state index in [4.69, 9.17) is 21.1 Å². The molecule has 26 heavy (non-hydrogen) atoms. The maximum atomic E-state index is 12.5. The van der Waals surface area contributed by atoms with Crippen molar-refractivity contribution in [2.24, 2.45) is 0 Å². The average Bonchev–Trinajstić information content (AvgIpc) is 2.79. The first-order chi connectivity index (χ1) is 12.1. The zero-order valence-electron chi connectivity index (χ0n) is 15.8. The number of benzene rings is 1. The summed E-state index contributed by atoms with van der Waals surface area (Å²) >= 11 is 6.06. The Kier molecular flexibility index (Phi) is 5.20. The van der Waals surface area contributed by atoms with Crippen molar-refractivity contribution in [3.05, 3.63) is 28.8 Å². The third-order valence-electron chi connectivity index (χ3n) is 4.91. The number of piperidine rings is 1. The minimum absolute atomic E-state index is 0.0205. The van der Waals surface area contributed by atoms with Crippen LogP contribution in [0.1, 0.15) is 63.7 Å². The van der Waals surface area contributed by atoms with E-state index in [1.165, 1.54) is 6.92 Å². The molecule has 2 bridgehead atoms. The molecule has 2 heterocycles. The second kappa shape index (κ2) is 7.10. The molecule has 0 radical (unpaired) electrons. The molecule has 2 aliphatic rings. The summed E-state index contributed by atoms with van der Waals surface area (Å²) < 4.78 is 11.7. The van der Waals surface area contributed by atoms with Gasteiger partial charge in [-0.15, -0.1) is 0 Å². The third-order valence-corrected chi connectivity index (χ3v) is 5.24. The number of nitrogens with zero attached hydrogens (tertiary/aromatic N) is 1. The van der Waals surface area contributed by atoms with Crippen molar-refractivity contribution in [3.8, 4) is 5.75 Å². The number of hydrogen-bond acceptors (Lipinski definition) is 4. The molecule has 2 aliphatic heterocycles. The molecule has 5 nitrogen and oxygen atoms in total. The molecule has 2 fully saturated rings. The van der Waals surface area contributed by atoms with Crippen LogP contribution < -0.4 is 4.74 Å². The molecule has 0 aromatic heterocycles. The fourth-order valence-electron chi connectivity index (χ4n) is 3.88. The molecule has 0 spiro atoms. The highest BCUT2D eigenvalue weighted by Crippen LogP contribution is 2.38. The zero-order chi connectivity index (χ0) is 19.1. The van der Waals surface area contributed by atoms with E-state index in [1.54, 1.807) is 18.2 Å². The molecular formula is C20H26ClNO4. The van der Waals surface area contributed by atoms with Gasteiger partial charge in [-0.3, -0.25) is 4.79 Å². The van der Waals surface area contributed by atoms with Gasteiger partial charge in [0.2, 0.25) is 0 Å². The Labute approximate surface area is 159 Å². The number of carbonyl (C=O) groups is 2. The van der Waals surface area contributed by atoms with Gasteiger partial charge in [0.05, 0.1) is 5.02 Å². The van der Waals surface area contributed by atoms with Crippen LogP contribution in [0, 0.1) is 0 Å². The maximum Gasteiger partial charge on any atom is 0.410 e. The van der Waals surface area contributed by atoms with Gasteiger partial charge in [0.1, 0.15) is 17.5 Å². The average molecular weight is 380 g/mol. The second-order valence-electron chi connectivity index (χ2n) is 8.18. The predicted molar refractivity (Wildman–Crippen MR) is 100.0 cm³/mol. The second-order valence-corrected chi connectivity index (χ2v) is 8.59. The Morgan fingerprint density at radius 3 is 2.31 bits per heavy atom. The Bertz CT molecular complexity index is 698. The third kappa shape index (κ3) is 4.14. The first-order valence-corrected chi connectivity index (χ1v) is 9.50. The van der Waals surface area contributed by atoms with Gasteiger partial charge in [-0.2, -0.15) is 0 Å². The molecule has 1 aromatic rings. The minimum Gasteiger partial charge on any atom is -0.490 e. The summed E-state index contributed by atoms with van der Waals surface area (Å²) in [7, 11) is 0. The van der Waals surface area contributed by atoms with Crippen molar-refractivity contribution in [2.75, 3.05) is 0 Å². The number of rotatable bonds is 3. The molecular weight excluding hydrogens is 354 g/mol. The lowest BCUT2D eigenvalue weighted by atomic mass is 10.00. The largest absolute Gasteiger partial charge is 0.490 e. The van der Waals surface area contributed by atoms with Crippen LogP contribution in [0.3, 0.4) is 0 Å². The van der Waals surface area contributed by atoms with Crippen LogP contribution in [0.5, 0.6) is 5.75 Å². The summed E-state index contributed by atoms with van der Waals surface area (Å²) in [6.45, 7) is 7.14. The molecule has 2 saturated heterocycles. The smallest absolute Gasteiger partial charge is 0.410 e. The zero-order valence-corrected chi connectivity index (χ0v) is 16.5. The quantitative estimate of drug-likeness (QED) is 0.704. The fourth-order valence-corrected chi connectivity index (χ4v) is 4.13. The van der Waals surface area contributed by atoms with Gasteiger partial charge in [-0.25, -0.2) is 4.79 Å². The highest BCUT2D eigenvalue weighted by molar-refractivity contribution is 6.33. The molecule has 0 aliphatic carbocycles. The highest BCUT2D eigenvalue weighted by Gasteiger charge is 2.45. The summed E-state index contributed by atoms with van der Waals surface area (Å²) in [5.41, 5.74) is -0.0191. The van der Waals surface area contributed by atoms with Crippen LogP contribution >= 0.6 is 11.6 Å². The van der Waals surface area contributed by atoms with Gasteiger partial charge >= 0.3 is 6.09 Å². The van der Waals surface area contributed by atoms with Crippen LogP contribution in [-0.4, -0.2) is 40.6 Å². The van der Waals surface area contributed by atoms with E-state index in [-0.39, 0.29) is 30.1 Å². The van der Waals surface area contributed by atoms with Gasteiger partial charge < -0.3 is 14.4 Å². The molecule has 0 N–H and O–H groups in total. The van der Waals surface area contributed by atoms with Crippen molar-refractivity contribution >= 4 is 23.5 Å². The first-order valence-electron chi connectivity index (χ1n) is 9.12. The summed E-state index contributed by atoms with van der Waals surface area (Å²) in [4.78, 5) is 26.1. The van der Waals surface area contributed by atoms with Gasteiger partial charge in [0.15, 0.2) is 5.78 Å². The SMILES string of the molecule is CC(=O)c1cc(O[C@H]2C[C@H]3CC[C@@H](C2)N3C(=O)OC(C)(C)C)ccc1Cl. The van der Waals surface area contributed by atoms with Crippen molar-refractivity contribution < 1.29 is 19.1 Å². The lowest BCUT2D eigenvalue weighted by molar-refractivity contribution is -0.00709. The van der Waals surface area contributed by atoms with E-state index in [9.17, 15) is 9.59 Å². The van der Waals surface area contributed by atoms with Crippen LogP contribution in [0.25, 0.3) is 0 Å². The van der Waals surface area contributed by atoms with E-state index in [2.05, 4.69) is 0 Å². The van der Waals surface area contributed by atoms with Gasteiger partial charge in [-0.05, 0) is 58.7 Å². The molecule has 3 rings (SSSR count). The van der Waals surface area contributed by atoms with Crippen molar-refractivity contribution in [3.63, 3.8) is 0 Å². The summed E-state index contributed by atoms with van der Waals surface area (Å²) in [6, 6.07) is 5.48. The molecule has 0 saturated carbocycles. The van der Waals surface area contributed by atoms with E-state index < -0.39 is 5.60 Å². The fraction of sp³-hybridized carbons (Fsp3) is 0.600. The standard InChI is InChI=1S/C20H26ClNO4/c1-12(23)17-11-15(7-8-18(17)21)25-16-9-13-5-6-14(10-16)22(13)19(24)26-20(2,3)4/h7-8,11,13-14,16H,5-6,9-10H2,1-4H3/t13-,14+,16+. The van der Waals surface area contributed by atoms with Gasteiger partial charge in [-0.1, -0.05) is 11.6 Å². The normalized spacial score (nSPS) is 25.1. The van der Waals surface area contributed by atoms with E-state index in [0.717, 1.165) is 25.7 Å². The van der Waals surface area contributed by atoms with Crippen molar-refractivity contribution in [1.29, 1.82) is 0 Å². The molecule has 3 atom stereocenters. The Morgan fingerprint density at radius 2 is 1.77 bits per heavy atom. The van der Waals surface area contributed by atoms with Crippen molar-refractivity contribution in [1.82, 2.24) is 4.90 Å². The molecule has 6 heteroatoms. The number of fused-ring (bicyclic) bond motifs is 2. The van der Waals surface area contributed by atoms with E-state index in [1.807, 2.05) is 25.7 Å². The van der Waals surface area contributed by atoms with E-state index in [0.29, 0.717) is 16.3 Å². The lowest BCUT2D eigenvalue weighted by Gasteiger charge is -2.39. The van der Waals surface area contributed by atoms with Crippen molar-refractivity contribution in [2.45, 2.75) is 77.2 Å². The first kappa shape index (κ1) is 19.0. The molecule has 142 valence electrons. The number of ether oxygens (including phenoxy) is 2. The van der Waals surface area contributed by atoms with Crippen LogP contribution in [0.4, 0.5) is 4.79 Å². The maximum absolute atomic E-state index is 12.5. The minimum atomic E-state index is -0.490. The summed E-state index contributed by atoms with van der Waals surface area (Å²) in [5, 5.41) is 0.435.